The van der Waals surface area contributed by atoms with E-state index in [2.05, 4.69) is 90.1 Å². The second-order valence-corrected chi connectivity index (χ2v) is 11.5. The van der Waals surface area contributed by atoms with Crippen LogP contribution in [0.5, 0.6) is 0 Å². The van der Waals surface area contributed by atoms with Gasteiger partial charge >= 0.3 is 0 Å². The molecule has 0 heterocycles. The molecule has 174 valence electrons. The number of hydrogen-bond acceptors (Lipinski definition) is 4. The van der Waals surface area contributed by atoms with Crippen LogP contribution >= 0.6 is 0 Å². The van der Waals surface area contributed by atoms with E-state index in [0.717, 1.165) is 0 Å². The van der Waals surface area contributed by atoms with Crippen LogP contribution in [0.1, 0.15) is 75.6 Å². The van der Waals surface area contributed by atoms with Gasteiger partial charge in [0.1, 0.15) is 0 Å². The Labute approximate surface area is 198 Å². The Morgan fingerprint density at radius 3 is 1.48 bits per heavy atom. The van der Waals surface area contributed by atoms with Crippen LogP contribution in [-0.4, -0.2) is 48.9 Å². The number of rotatable bonds is 6. The number of fused-ring (bicyclic) bond motifs is 4. The van der Waals surface area contributed by atoms with Gasteiger partial charge in [-0.1, -0.05) is 48.5 Å². The van der Waals surface area contributed by atoms with Crippen molar-refractivity contribution in [2.45, 2.75) is 82.1 Å². The maximum Gasteiger partial charge on any atom is 0.0821 e. The zero-order chi connectivity index (χ0) is 23.4. The van der Waals surface area contributed by atoms with Gasteiger partial charge in [0.25, 0.3) is 0 Å². The highest BCUT2D eigenvalue weighted by atomic mass is 16.5. The molecule has 1 fully saturated rings. The van der Waals surface area contributed by atoms with Crippen LogP contribution in [0.15, 0.2) is 58.5 Å². The Kier molecular flexibility index (Phi) is 5.37. The third kappa shape index (κ3) is 3.59. The first-order chi connectivity index (χ1) is 15.6. The average molecular weight is 445 g/mol. The summed E-state index contributed by atoms with van der Waals surface area (Å²) in [7, 11) is 0. The van der Waals surface area contributed by atoms with Gasteiger partial charge in [0.15, 0.2) is 0 Å². The standard InChI is InChI=1S/C29H36N2O2/c1-27(2,3)32-17-15-30-25-23-19-11-7-9-13-21(19)29(23)22-14-10-8-12-20(22)24(29)26(25)31-16-18-33-28(4,5)6/h7-16,23-26H,17-18H2,1-6H3/t23?,24?,25-,26-,29?/m1/s1. The van der Waals surface area contributed by atoms with Gasteiger partial charge in [0.2, 0.25) is 0 Å². The number of hydrogen-bond donors (Lipinski definition) is 0. The molecule has 4 heteroatoms. The highest BCUT2D eigenvalue weighted by molar-refractivity contribution is 5.74. The molecular formula is C29H36N2O2. The molecule has 0 bridgehead atoms. The topological polar surface area (TPSA) is 43.2 Å². The number of aliphatic imine (C=N–C) groups is 2. The molecule has 2 unspecified atom stereocenters. The first kappa shape index (κ1) is 22.5. The molecule has 5 rings (SSSR count). The third-order valence-electron chi connectivity index (χ3n) is 7.23. The molecule has 0 aromatic heterocycles. The maximum atomic E-state index is 5.93. The minimum absolute atomic E-state index is 0.0347. The van der Waals surface area contributed by atoms with Crippen molar-refractivity contribution < 1.29 is 9.47 Å². The summed E-state index contributed by atoms with van der Waals surface area (Å²) in [6.45, 7) is 13.5. The van der Waals surface area contributed by atoms with E-state index in [0.29, 0.717) is 25.0 Å². The van der Waals surface area contributed by atoms with E-state index in [9.17, 15) is 0 Å². The summed E-state index contributed by atoms with van der Waals surface area (Å²) >= 11 is 0. The number of benzene rings is 2. The maximum absolute atomic E-state index is 5.93. The van der Waals surface area contributed by atoms with Gasteiger partial charge < -0.3 is 9.47 Å². The fraction of sp³-hybridized carbons (Fsp3) is 0.517. The molecule has 2 aromatic rings. The van der Waals surface area contributed by atoms with Gasteiger partial charge in [-0.3, -0.25) is 9.98 Å². The molecule has 3 aliphatic rings. The van der Waals surface area contributed by atoms with Crippen molar-refractivity contribution in [3.05, 3.63) is 70.8 Å². The van der Waals surface area contributed by atoms with E-state index in [4.69, 9.17) is 19.5 Å². The van der Waals surface area contributed by atoms with Gasteiger partial charge in [-0.2, -0.15) is 0 Å². The van der Waals surface area contributed by atoms with Crippen molar-refractivity contribution in [1.82, 2.24) is 0 Å². The van der Waals surface area contributed by atoms with E-state index >= 15 is 0 Å². The second kappa shape index (κ2) is 7.89. The lowest BCUT2D eigenvalue weighted by atomic mass is 9.43. The van der Waals surface area contributed by atoms with Crippen molar-refractivity contribution in [3.63, 3.8) is 0 Å². The lowest BCUT2D eigenvalue weighted by Crippen LogP contribution is -2.53. The van der Waals surface area contributed by atoms with Gasteiger partial charge in [-0.15, -0.1) is 0 Å². The zero-order valence-electron chi connectivity index (χ0n) is 20.7. The molecule has 0 saturated heterocycles. The minimum Gasteiger partial charge on any atom is -0.370 e. The van der Waals surface area contributed by atoms with Gasteiger partial charge in [0, 0.05) is 29.7 Å². The van der Waals surface area contributed by atoms with Crippen LogP contribution in [0.25, 0.3) is 0 Å². The molecule has 1 saturated carbocycles. The van der Waals surface area contributed by atoms with Crippen LogP contribution in [0, 0.1) is 0 Å². The second-order valence-electron chi connectivity index (χ2n) is 11.5. The quantitative estimate of drug-likeness (QED) is 0.537. The summed E-state index contributed by atoms with van der Waals surface area (Å²) in [6, 6.07) is 18.0. The lowest BCUT2D eigenvalue weighted by Gasteiger charge is -2.58. The van der Waals surface area contributed by atoms with Gasteiger partial charge in [-0.05, 0) is 63.8 Å². The Hall–Kier alpha value is -2.30. The Morgan fingerprint density at radius 2 is 1.09 bits per heavy atom. The van der Waals surface area contributed by atoms with Gasteiger partial charge in [0.05, 0.1) is 36.5 Å². The van der Waals surface area contributed by atoms with Crippen LogP contribution in [0.2, 0.25) is 0 Å². The molecule has 0 aliphatic heterocycles. The summed E-state index contributed by atoms with van der Waals surface area (Å²) in [6.07, 6.45) is 3.93. The lowest BCUT2D eigenvalue weighted by molar-refractivity contribution is 0.0222. The summed E-state index contributed by atoms with van der Waals surface area (Å²) in [5.74, 6) is 0.704. The van der Waals surface area contributed by atoms with Crippen LogP contribution in [0.3, 0.4) is 0 Å². The van der Waals surface area contributed by atoms with Crippen molar-refractivity contribution >= 4 is 12.4 Å². The predicted molar refractivity (Wildman–Crippen MR) is 135 cm³/mol. The molecule has 4 nitrogen and oxygen atoms in total. The van der Waals surface area contributed by atoms with E-state index in [1.807, 2.05) is 12.4 Å². The Balaban J connectivity index is 1.51. The highest BCUT2D eigenvalue weighted by Gasteiger charge is 2.74. The van der Waals surface area contributed by atoms with Crippen LogP contribution < -0.4 is 0 Å². The van der Waals surface area contributed by atoms with E-state index in [1.54, 1.807) is 0 Å². The van der Waals surface area contributed by atoms with Crippen LogP contribution in [0.4, 0.5) is 0 Å². The van der Waals surface area contributed by atoms with E-state index in [1.165, 1.54) is 22.3 Å². The van der Waals surface area contributed by atoms with Crippen LogP contribution in [-0.2, 0) is 14.9 Å². The van der Waals surface area contributed by atoms with Crippen molar-refractivity contribution in [1.29, 1.82) is 0 Å². The Morgan fingerprint density at radius 1 is 0.697 bits per heavy atom. The average Bonchev–Trinajstić information content (AvgIpc) is 2.92. The molecule has 0 radical (unpaired) electrons. The molecule has 0 amide bonds. The molecule has 1 spiro atoms. The normalized spacial score (nSPS) is 29.9. The third-order valence-corrected chi connectivity index (χ3v) is 7.23. The highest BCUT2D eigenvalue weighted by Crippen LogP contribution is 2.76. The van der Waals surface area contributed by atoms with Crippen molar-refractivity contribution in [2.24, 2.45) is 9.98 Å². The molecule has 4 atom stereocenters. The number of nitrogens with zero attached hydrogens (tertiary/aromatic N) is 2. The van der Waals surface area contributed by atoms with E-state index in [-0.39, 0.29) is 28.7 Å². The molecule has 3 aliphatic carbocycles. The largest absolute Gasteiger partial charge is 0.370 e. The molecular weight excluding hydrogens is 408 g/mol. The fourth-order valence-electron chi connectivity index (χ4n) is 6.19. The predicted octanol–water partition coefficient (Wildman–Crippen LogP) is 5.69. The summed E-state index contributed by atoms with van der Waals surface area (Å²) in [4.78, 5) is 10.3. The minimum atomic E-state index is -0.177. The fourth-order valence-corrected chi connectivity index (χ4v) is 6.19. The summed E-state index contributed by atoms with van der Waals surface area (Å²) in [5.41, 5.74) is 5.47. The smallest absolute Gasteiger partial charge is 0.0821 e. The summed E-state index contributed by atoms with van der Waals surface area (Å²) in [5, 5.41) is 0. The molecule has 33 heavy (non-hydrogen) atoms. The first-order valence-electron chi connectivity index (χ1n) is 12.1. The Bertz CT molecular complexity index is 1000. The first-order valence-corrected chi connectivity index (χ1v) is 12.1. The molecule has 0 N–H and O–H groups in total. The zero-order valence-corrected chi connectivity index (χ0v) is 20.7. The number of ether oxygens (including phenoxy) is 2. The monoisotopic (exact) mass is 444 g/mol. The summed E-state index contributed by atoms with van der Waals surface area (Å²) < 4.78 is 11.9. The van der Waals surface area contributed by atoms with Gasteiger partial charge in [-0.25, -0.2) is 0 Å². The van der Waals surface area contributed by atoms with Crippen molar-refractivity contribution in [3.8, 4) is 0 Å². The van der Waals surface area contributed by atoms with E-state index < -0.39 is 0 Å². The SMILES string of the molecule is CC(C)(C)OCC=N[C@@H]1C2c3ccccc3C23c2ccccc2C3[C@H]1N=CCOC(C)(C)C. The molecule has 2 aromatic carbocycles. The van der Waals surface area contributed by atoms with Crippen molar-refractivity contribution in [2.75, 3.05) is 13.2 Å².